The molecule has 1 saturated carbocycles. The third-order valence-electron chi connectivity index (χ3n) is 15.6. The maximum absolute atomic E-state index is 15.6. The van der Waals surface area contributed by atoms with Crippen LogP contribution in [0.25, 0.3) is 33.8 Å². The zero-order valence-corrected chi connectivity index (χ0v) is 44.0. The van der Waals surface area contributed by atoms with Gasteiger partial charge in [-0.2, -0.15) is 0 Å². The smallest absolute Gasteiger partial charge is 0.230 e. The van der Waals surface area contributed by atoms with Crippen LogP contribution in [0.4, 0.5) is 17.1 Å². The maximum Gasteiger partial charge on any atom is 0.230 e. The van der Waals surface area contributed by atoms with E-state index in [0.717, 1.165) is 109 Å². The molecule has 0 radical (unpaired) electrons. The van der Waals surface area contributed by atoms with E-state index in [-0.39, 0.29) is 17.7 Å². The van der Waals surface area contributed by atoms with Crippen LogP contribution in [0, 0.1) is 17.8 Å². The SMILES string of the molecule is CC(C)(C)N(C(=O)C1CC(C(=O)N(c2ccc(-c3cc4c(cn3)CCC4)cc2)C(C)(C)C)CC(C(=O)N(c2ccc(-c3cc4c(cn3)CCC4)cc2)C(C)(C)C)C1)c1ccc(-c2cc3c(cn2)CCC3)cc1. The van der Waals surface area contributed by atoms with Crippen LogP contribution in [-0.4, -0.2) is 49.3 Å². The van der Waals surface area contributed by atoms with Crippen LogP contribution < -0.4 is 14.7 Å². The molecule has 0 bridgehead atoms. The number of hydrogen-bond acceptors (Lipinski definition) is 6. The van der Waals surface area contributed by atoms with Crippen molar-refractivity contribution in [2.24, 2.45) is 17.8 Å². The lowest BCUT2D eigenvalue weighted by Crippen LogP contribution is -2.55. The van der Waals surface area contributed by atoms with Crippen molar-refractivity contribution in [3.8, 4) is 33.8 Å². The van der Waals surface area contributed by atoms with Crippen molar-refractivity contribution in [2.45, 2.75) is 156 Å². The molecule has 10 rings (SSSR count). The molecular weight excluding hydrogens is 889 g/mol. The second-order valence-corrected chi connectivity index (χ2v) is 24.0. The van der Waals surface area contributed by atoms with Crippen LogP contribution in [0.2, 0.25) is 0 Å². The zero-order chi connectivity index (χ0) is 50.7. The summed E-state index contributed by atoms with van der Waals surface area (Å²) < 4.78 is 0. The summed E-state index contributed by atoms with van der Waals surface area (Å²) in [6, 6.07) is 31.1. The Balaban J connectivity index is 0.982. The van der Waals surface area contributed by atoms with Crippen LogP contribution in [0.5, 0.6) is 0 Å². The Kier molecular flexibility index (Phi) is 13.1. The molecule has 1 fully saturated rings. The van der Waals surface area contributed by atoms with Crippen molar-refractivity contribution in [1.82, 2.24) is 15.0 Å². The first-order valence-corrected chi connectivity index (χ1v) is 26.6. The van der Waals surface area contributed by atoms with Crippen LogP contribution in [0.3, 0.4) is 0 Å². The monoisotopic (exact) mass is 961 g/mol. The minimum atomic E-state index is -0.610. The number of carbonyl (C=O) groups excluding carboxylic acids is 3. The first kappa shape index (κ1) is 49.1. The number of pyridine rings is 3. The van der Waals surface area contributed by atoms with Crippen molar-refractivity contribution >= 4 is 34.8 Å². The predicted octanol–water partition coefficient (Wildman–Crippen LogP) is 13.2. The van der Waals surface area contributed by atoms with Crippen molar-refractivity contribution in [3.63, 3.8) is 0 Å². The lowest BCUT2D eigenvalue weighted by atomic mass is 9.72. The molecule has 3 aromatic carbocycles. The molecular formula is C63H72N6O3. The summed E-state index contributed by atoms with van der Waals surface area (Å²) in [5, 5.41) is 0. The second-order valence-electron chi connectivity index (χ2n) is 24.0. The number of aryl methyl sites for hydroxylation is 6. The lowest BCUT2D eigenvalue weighted by Gasteiger charge is -2.45. The van der Waals surface area contributed by atoms with Gasteiger partial charge in [0.2, 0.25) is 17.7 Å². The van der Waals surface area contributed by atoms with Gasteiger partial charge in [-0.25, -0.2) is 0 Å². The topological polar surface area (TPSA) is 99.6 Å². The average Bonchev–Trinajstić information content (AvgIpc) is 4.15. The van der Waals surface area contributed by atoms with E-state index < -0.39 is 34.4 Å². The minimum absolute atomic E-state index is 0.0804. The molecule has 4 aliphatic rings. The van der Waals surface area contributed by atoms with Crippen LogP contribution in [0.1, 0.15) is 134 Å². The van der Waals surface area contributed by atoms with Gasteiger partial charge in [0.25, 0.3) is 0 Å². The molecule has 0 spiro atoms. The fourth-order valence-corrected chi connectivity index (χ4v) is 12.2. The molecule has 0 aliphatic heterocycles. The standard InChI is InChI=1S/C63H72N6O3/c1-61(2,3)67(52-25-19-40(20-26-52)55-34-43-13-10-16-46(43)37-64-55)58(70)49-31-50(59(71)68(62(4,5)6)53-27-21-41(22-28-53)56-35-44-14-11-17-47(44)38-65-56)33-51(32-49)60(72)69(63(7,8)9)54-29-23-42(24-30-54)57-36-45-15-12-18-48(45)39-66-57/h19-30,34-39,49-51H,10-18,31-33H2,1-9H3. The van der Waals surface area contributed by atoms with E-state index >= 15 is 14.4 Å². The van der Waals surface area contributed by atoms with Crippen LogP contribution >= 0.6 is 0 Å². The fourth-order valence-electron chi connectivity index (χ4n) is 12.2. The molecule has 72 heavy (non-hydrogen) atoms. The van der Waals surface area contributed by atoms with E-state index in [1.165, 1.54) is 33.4 Å². The number of carbonyl (C=O) groups is 3. The molecule has 9 heteroatoms. The molecule has 6 aromatic rings. The molecule has 3 aromatic heterocycles. The van der Waals surface area contributed by atoms with E-state index in [4.69, 9.17) is 15.0 Å². The number of benzene rings is 3. The van der Waals surface area contributed by atoms with Crippen molar-refractivity contribution in [3.05, 3.63) is 143 Å². The number of nitrogens with zero attached hydrogens (tertiary/aromatic N) is 6. The summed E-state index contributed by atoms with van der Waals surface area (Å²) in [6.07, 6.45) is 17.0. The molecule has 0 atom stereocenters. The molecule has 3 heterocycles. The van der Waals surface area contributed by atoms with Gasteiger partial charge in [0.05, 0.1) is 17.1 Å². The summed E-state index contributed by atoms with van der Waals surface area (Å²) in [4.78, 5) is 66.8. The van der Waals surface area contributed by atoms with Gasteiger partial charge in [-0.05, 0) is 227 Å². The average molecular weight is 961 g/mol. The summed E-state index contributed by atoms with van der Waals surface area (Å²) in [6.45, 7) is 18.5. The van der Waals surface area contributed by atoms with E-state index in [0.29, 0.717) is 19.3 Å². The van der Waals surface area contributed by atoms with Gasteiger partial charge < -0.3 is 14.7 Å². The Morgan fingerprint density at radius 3 is 0.847 bits per heavy atom. The second kappa shape index (κ2) is 19.2. The normalized spacial score (nSPS) is 18.5. The molecule has 0 unspecified atom stereocenters. The molecule has 3 amide bonds. The highest BCUT2D eigenvalue weighted by atomic mass is 16.2. The van der Waals surface area contributed by atoms with Gasteiger partial charge in [0.15, 0.2) is 0 Å². The van der Waals surface area contributed by atoms with Gasteiger partial charge in [-0.1, -0.05) is 36.4 Å². The highest BCUT2D eigenvalue weighted by molar-refractivity contribution is 6.02. The van der Waals surface area contributed by atoms with Crippen LogP contribution in [0.15, 0.2) is 110 Å². The van der Waals surface area contributed by atoms with Crippen molar-refractivity contribution in [1.29, 1.82) is 0 Å². The number of hydrogen-bond donors (Lipinski definition) is 0. The van der Waals surface area contributed by atoms with Crippen LogP contribution in [-0.2, 0) is 52.9 Å². The summed E-state index contributed by atoms with van der Waals surface area (Å²) in [7, 11) is 0. The first-order valence-electron chi connectivity index (χ1n) is 26.6. The Bertz CT molecular complexity index is 2680. The van der Waals surface area contributed by atoms with E-state index in [2.05, 4.69) is 117 Å². The summed E-state index contributed by atoms with van der Waals surface area (Å²) in [5.41, 5.74) is 14.4. The number of anilines is 3. The van der Waals surface area contributed by atoms with E-state index in [9.17, 15) is 0 Å². The predicted molar refractivity (Wildman–Crippen MR) is 291 cm³/mol. The quantitative estimate of drug-likeness (QED) is 0.143. The number of amides is 3. The summed E-state index contributed by atoms with van der Waals surface area (Å²) in [5.74, 6) is -2.06. The molecule has 0 N–H and O–H groups in total. The van der Waals surface area contributed by atoms with E-state index in [1.54, 1.807) is 0 Å². The third kappa shape index (κ3) is 9.88. The summed E-state index contributed by atoms with van der Waals surface area (Å²) >= 11 is 0. The Labute approximate surface area is 427 Å². The molecule has 0 saturated heterocycles. The number of rotatable bonds is 9. The van der Waals surface area contributed by atoms with Gasteiger partial charge in [0, 0.05) is 86.7 Å². The molecule has 4 aliphatic carbocycles. The number of aromatic nitrogens is 3. The highest BCUT2D eigenvalue weighted by Gasteiger charge is 2.47. The Morgan fingerprint density at radius 2 is 0.611 bits per heavy atom. The third-order valence-corrected chi connectivity index (χ3v) is 15.6. The highest BCUT2D eigenvalue weighted by Crippen LogP contribution is 2.43. The largest absolute Gasteiger partial charge is 0.307 e. The lowest BCUT2D eigenvalue weighted by molar-refractivity contribution is -0.133. The molecule has 372 valence electrons. The van der Waals surface area contributed by atoms with Gasteiger partial charge in [0.1, 0.15) is 0 Å². The Morgan fingerprint density at radius 1 is 0.375 bits per heavy atom. The molecule has 9 nitrogen and oxygen atoms in total. The maximum atomic E-state index is 15.6. The zero-order valence-electron chi connectivity index (χ0n) is 44.0. The fraction of sp³-hybridized carbons (Fsp3) is 0.429. The number of fused-ring (bicyclic) bond motifs is 3. The first-order chi connectivity index (χ1) is 34.3. The van der Waals surface area contributed by atoms with Crippen molar-refractivity contribution < 1.29 is 14.4 Å². The van der Waals surface area contributed by atoms with Gasteiger partial charge in [-0.3, -0.25) is 29.3 Å². The minimum Gasteiger partial charge on any atom is -0.307 e. The Hall–Kier alpha value is -6.48. The van der Waals surface area contributed by atoms with E-state index in [1.807, 2.05) is 69.7 Å². The van der Waals surface area contributed by atoms with Gasteiger partial charge in [-0.15, -0.1) is 0 Å². The van der Waals surface area contributed by atoms with Crippen molar-refractivity contribution in [2.75, 3.05) is 14.7 Å². The van der Waals surface area contributed by atoms with Gasteiger partial charge >= 0.3 is 0 Å².